The standard InChI is InChI=1S/C27H39N9O5/c1-16(29-3)24(38)33-22-14-19-15-36(35-34-19)12-8-7-11-20(23(28)37)31-27(41)21(13-18-9-5-4-6-10-18)32-25(39)17(2)30-26(22)40/h4-6,9-10,15-17,20-22,29H,7-8,11-14H2,1-3H3,(H2,28,37)(H,30,40)(H,31,41)(H,32,39)(H,33,38). The van der Waals surface area contributed by atoms with Crippen LogP contribution < -0.4 is 32.3 Å². The Hall–Kier alpha value is -4.33. The maximum atomic E-state index is 13.3. The van der Waals surface area contributed by atoms with Crippen molar-refractivity contribution in [3.8, 4) is 0 Å². The molecule has 0 saturated heterocycles. The Morgan fingerprint density at radius 1 is 1.07 bits per heavy atom. The van der Waals surface area contributed by atoms with Crippen molar-refractivity contribution in [3.05, 3.63) is 47.8 Å². The van der Waals surface area contributed by atoms with Crippen molar-refractivity contribution in [2.24, 2.45) is 5.73 Å². The summed E-state index contributed by atoms with van der Waals surface area (Å²) in [5.74, 6) is -2.87. The van der Waals surface area contributed by atoms with Gasteiger partial charge >= 0.3 is 0 Å². The van der Waals surface area contributed by atoms with Gasteiger partial charge in [-0.05, 0) is 45.7 Å². The molecule has 0 spiro atoms. The molecule has 0 fully saturated rings. The van der Waals surface area contributed by atoms with E-state index in [2.05, 4.69) is 36.9 Å². The van der Waals surface area contributed by atoms with Gasteiger partial charge in [0.1, 0.15) is 24.2 Å². The van der Waals surface area contributed by atoms with E-state index in [1.807, 2.05) is 30.3 Å². The highest BCUT2D eigenvalue weighted by molar-refractivity contribution is 5.95. The predicted molar refractivity (Wildman–Crippen MR) is 149 cm³/mol. The monoisotopic (exact) mass is 569 g/mol. The molecular formula is C27H39N9O5. The molecular weight excluding hydrogens is 530 g/mol. The maximum Gasteiger partial charge on any atom is 0.243 e. The van der Waals surface area contributed by atoms with Crippen LogP contribution in [0.5, 0.6) is 0 Å². The predicted octanol–water partition coefficient (Wildman–Crippen LogP) is -1.70. The van der Waals surface area contributed by atoms with E-state index in [0.29, 0.717) is 31.5 Å². The number of hydrogen-bond acceptors (Lipinski definition) is 8. The molecule has 5 amide bonds. The van der Waals surface area contributed by atoms with E-state index < -0.39 is 59.7 Å². The molecule has 5 unspecified atom stereocenters. The quantitative estimate of drug-likeness (QED) is 0.236. The van der Waals surface area contributed by atoms with Crippen molar-refractivity contribution in [2.75, 3.05) is 7.05 Å². The van der Waals surface area contributed by atoms with Crippen molar-refractivity contribution in [1.82, 2.24) is 41.6 Å². The van der Waals surface area contributed by atoms with Crippen LogP contribution in [-0.2, 0) is 43.4 Å². The summed E-state index contributed by atoms with van der Waals surface area (Å²) in [6, 6.07) is 4.47. The Bertz CT molecular complexity index is 1220. The Morgan fingerprint density at radius 3 is 2.49 bits per heavy atom. The molecule has 14 nitrogen and oxygen atoms in total. The smallest absolute Gasteiger partial charge is 0.243 e. The van der Waals surface area contributed by atoms with E-state index in [0.717, 1.165) is 5.56 Å². The molecule has 41 heavy (non-hydrogen) atoms. The fourth-order valence-electron chi connectivity index (χ4n) is 4.30. The highest BCUT2D eigenvalue weighted by Gasteiger charge is 2.30. The molecule has 14 heteroatoms. The number of benzene rings is 1. The van der Waals surface area contributed by atoms with Crippen LogP contribution in [0.3, 0.4) is 0 Å². The first kappa shape index (κ1) is 31.2. The van der Waals surface area contributed by atoms with E-state index in [1.165, 1.54) is 6.92 Å². The molecule has 1 aliphatic rings. The van der Waals surface area contributed by atoms with E-state index in [-0.39, 0.29) is 12.8 Å². The first-order valence-corrected chi connectivity index (χ1v) is 13.7. The van der Waals surface area contributed by atoms with Crippen molar-refractivity contribution < 1.29 is 24.0 Å². The molecule has 0 aliphatic carbocycles. The van der Waals surface area contributed by atoms with Gasteiger partial charge in [-0.1, -0.05) is 35.5 Å². The number of likely N-dealkylation sites (N-methyl/N-ethyl adjacent to an activating group) is 1. The van der Waals surface area contributed by atoms with Gasteiger partial charge in [-0.25, -0.2) is 0 Å². The summed E-state index contributed by atoms with van der Waals surface area (Å²) in [6.45, 7) is 3.61. The first-order valence-electron chi connectivity index (χ1n) is 13.7. The number of aryl methyl sites for hydroxylation is 1. The van der Waals surface area contributed by atoms with Gasteiger partial charge in [-0.15, -0.1) is 5.10 Å². The number of carbonyl (C=O) groups excluding carboxylic acids is 5. The lowest BCUT2D eigenvalue weighted by molar-refractivity contribution is -0.134. The topological polar surface area (TPSA) is 202 Å². The second-order valence-electron chi connectivity index (χ2n) is 10.2. The lowest BCUT2D eigenvalue weighted by atomic mass is 10.0. The van der Waals surface area contributed by atoms with Crippen LogP contribution >= 0.6 is 0 Å². The van der Waals surface area contributed by atoms with Crippen LogP contribution in [0.1, 0.15) is 44.4 Å². The van der Waals surface area contributed by atoms with Gasteiger partial charge in [0.2, 0.25) is 29.5 Å². The molecule has 7 N–H and O–H groups in total. The fraction of sp³-hybridized carbons (Fsp3) is 0.519. The van der Waals surface area contributed by atoms with Crippen LogP contribution in [0.25, 0.3) is 0 Å². The highest BCUT2D eigenvalue weighted by Crippen LogP contribution is 2.09. The number of rotatable bonds is 6. The maximum absolute atomic E-state index is 13.3. The SMILES string of the molecule is CNC(C)C(=O)NC1Cc2cn(nn2)CCCCC(C(N)=O)NC(=O)C(Cc2ccccc2)NC(=O)C(C)NC1=O. The largest absolute Gasteiger partial charge is 0.368 e. The summed E-state index contributed by atoms with van der Waals surface area (Å²) < 4.78 is 1.61. The number of aromatic nitrogens is 3. The number of fused-ring (bicyclic) bond motifs is 2. The Kier molecular flexibility index (Phi) is 11.3. The number of amides is 5. The summed E-state index contributed by atoms with van der Waals surface area (Å²) >= 11 is 0. The molecule has 2 aromatic rings. The van der Waals surface area contributed by atoms with Crippen molar-refractivity contribution in [1.29, 1.82) is 0 Å². The summed E-state index contributed by atoms with van der Waals surface area (Å²) in [7, 11) is 1.62. The lowest BCUT2D eigenvalue weighted by Gasteiger charge is -2.25. The molecule has 1 aliphatic heterocycles. The number of primary amides is 1. The van der Waals surface area contributed by atoms with Crippen LogP contribution in [-0.4, -0.2) is 81.8 Å². The number of nitrogens with one attached hydrogen (secondary N) is 5. The van der Waals surface area contributed by atoms with Crippen LogP contribution in [0.4, 0.5) is 0 Å². The zero-order valence-electron chi connectivity index (χ0n) is 23.6. The summed E-state index contributed by atoms with van der Waals surface area (Å²) in [5.41, 5.74) is 6.84. The Balaban J connectivity index is 1.87. The van der Waals surface area contributed by atoms with E-state index in [9.17, 15) is 24.0 Å². The summed E-state index contributed by atoms with van der Waals surface area (Å²) in [5, 5.41) is 21.7. The second-order valence-corrected chi connectivity index (χ2v) is 10.2. The third kappa shape index (κ3) is 9.38. The highest BCUT2D eigenvalue weighted by atomic mass is 16.2. The number of nitrogens with two attached hydrogens (primary N) is 1. The molecule has 222 valence electrons. The molecule has 0 saturated carbocycles. The van der Waals surface area contributed by atoms with Crippen molar-refractivity contribution in [2.45, 2.75) is 82.7 Å². The minimum absolute atomic E-state index is 0.0468. The van der Waals surface area contributed by atoms with Gasteiger partial charge in [0.15, 0.2) is 0 Å². The Labute approximate surface area is 238 Å². The fourth-order valence-corrected chi connectivity index (χ4v) is 4.30. The average Bonchev–Trinajstić information content (AvgIpc) is 3.40. The van der Waals surface area contributed by atoms with Gasteiger partial charge < -0.3 is 32.3 Å². The van der Waals surface area contributed by atoms with Gasteiger partial charge in [-0.3, -0.25) is 28.7 Å². The summed E-state index contributed by atoms with van der Waals surface area (Å²) in [6.07, 6.45) is 3.35. The molecule has 2 bridgehead atoms. The van der Waals surface area contributed by atoms with Crippen molar-refractivity contribution >= 4 is 29.5 Å². The van der Waals surface area contributed by atoms with E-state index >= 15 is 0 Å². The second kappa shape index (κ2) is 14.9. The van der Waals surface area contributed by atoms with Crippen LogP contribution in [0.15, 0.2) is 36.5 Å². The zero-order valence-corrected chi connectivity index (χ0v) is 23.6. The minimum atomic E-state index is -1.06. The average molecular weight is 570 g/mol. The van der Waals surface area contributed by atoms with Crippen LogP contribution in [0, 0.1) is 0 Å². The van der Waals surface area contributed by atoms with E-state index in [1.54, 1.807) is 24.9 Å². The molecule has 5 atom stereocenters. The van der Waals surface area contributed by atoms with Gasteiger partial charge in [0, 0.05) is 25.6 Å². The third-order valence-electron chi connectivity index (χ3n) is 6.92. The molecule has 0 radical (unpaired) electrons. The number of nitrogens with zero attached hydrogens (tertiary/aromatic N) is 3. The molecule has 1 aromatic carbocycles. The number of hydrogen-bond donors (Lipinski definition) is 6. The van der Waals surface area contributed by atoms with Gasteiger partial charge in [0.25, 0.3) is 0 Å². The lowest BCUT2D eigenvalue weighted by Crippen LogP contribution is -2.58. The summed E-state index contributed by atoms with van der Waals surface area (Å²) in [4.78, 5) is 64.5. The van der Waals surface area contributed by atoms with Crippen LogP contribution in [0.2, 0.25) is 0 Å². The first-order chi connectivity index (χ1) is 19.6. The molecule has 2 heterocycles. The molecule has 1 aromatic heterocycles. The van der Waals surface area contributed by atoms with E-state index in [4.69, 9.17) is 5.73 Å². The van der Waals surface area contributed by atoms with Gasteiger partial charge in [0.05, 0.1) is 11.7 Å². The normalized spacial score (nSPS) is 23.6. The molecule has 3 rings (SSSR count). The van der Waals surface area contributed by atoms with Gasteiger partial charge in [-0.2, -0.15) is 0 Å². The zero-order chi connectivity index (χ0) is 29.9. The van der Waals surface area contributed by atoms with Crippen molar-refractivity contribution in [3.63, 3.8) is 0 Å². The Morgan fingerprint density at radius 2 is 1.80 bits per heavy atom. The third-order valence-corrected chi connectivity index (χ3v) is 6.92. The number of carbonyl (C=O) groups is 5. The minimum Gasteiger partial charge on any atom is -0.368 e.